The minimum atomic E-state index is -0.699. The molecule has 4 N–H and O–H groups in total. The summed E-state index contributed by atoms with van der Waals surface area (Å²) in [6.45, 7) is 0. The molecule has 5 nitrogen and oxygen atoms in total. The molecule has 1 atom stereocenters. The van der Waals surface area contributed by atoms with Gasteiger partial charge in [-0.05, 0) is 23.8 Å². The van der Waals surface area contributed by atoms with Crippen LogP contribution in [0.1, 0.15) is 5.56 Å². The number of Topliss-reactive ketones (excluding diaryl/α,β-unsaturated/α-hetero) is 1. The van der Waals surface area contributed by atoms with Crippen LogP contribution < -0.4 is 16.0 Å². The van der Waals surface area contributed by atoms with E-state index in [1.165, 1.54) is 0 Å². The van der Waals surface area contributed by atoms with E-state index in [0.29, 0.717) is 0 Å². The van der Waals surface area contributed by atoms with E-state index in [-0.39, 0.29) is 16.3 Å². The molecule has 0 saturated carbocycles. The number of hydrogen-bond donors (Lipinski definition) is 2. The fourth-order valence-electron chi connectivity index (χ4n) is 1.86. The molecule has 0 bridgehead atoms. The summed E-state index contributed by atoms with van der Waals surface area (Å²) < 4.78 is 0. The van der Waals surface area contributed by atoms with Gasteiger partial charge in [-0.15, -0.1) is 0 Å². The van der Waals surface area contributed by atoms with Crippen molar-refractivity contribution in [1.82, 2.24) is 5.32 Å². The Kier molecular flexibility index (Phi) is 3.96. The highest BCUT2D eigenvalue weighted by atomic mass is 32.1. The van der Waals surface area contributed by atoms with Crippen molar-refractivity contribution in [2.75, 3.05) is 19.0 Å². The molecule has 2 rings (SSSR count). The molecule has 0 unspecified atom stereocenters. The number of rotatable bonds is 2. The van der Waals surface area contributed by atoms with Crippen LogP contribution in [0.15, 0.2) is 29.8 Å². The maximum Gasteiger partial charge on any atom is 0.260 e. The van der Waals surface area contributed by atoms with Crippen molar-refractivity contribution in [1.29, 1.82) is 0 Å². The van der Waals surface area contributed by atoms with Crippen molar-refractivity contribution in [2.45, 2.75) is 6.04 Å². The lowest BCUT2D eigenvalue weighted by Gasteiger charge is -2.18. The summed E-state index contributed by atoms with van der Waals surface area (Å²) in [6, 6.07) is 6.85. The zero-order valence-corrected chi connectivity index (χ0v) is 12.2. The lowest BCUT2D eigenvalue weighted by molar-refractivity contribution is -0.379. The van der Waals surface area contributed by atoms with Crippen LogP contribution >= 0.6 is 12.2 Å². The van der Waals surface area contributed by atoms with Crippen molar-refractivity contribution in [3.63, 3.8) is 0 Å². The van der Waals surface area contributed by atoms with Gasteiger partial charge in [0.05, 0.1) is 5.57 Å². The van der Waals surface area contributed by atoms with Crippen LogP contribution in [0.3, 0.4) is 0 Å². The first kappa shape index (κ1) is 14.4. The molecular weight excluding hydrogens is 274 g/mol. The maximum atomic E-state index is 12.0. The van der Waals surface area contributed by atoms with E-state index in [2.05, 4.69) is 11.1 Å². The average Bonchev–Trinajstić information content (AvgIpc) is 2.42. The predicted molar refractivity (Wildman–Crippen MR) is 81.2 cm³/mol. The Balaban J connectivity index is 2.31. The van der Waals surface area contributed by atoms with Crippen molar-refractivity contribution < 1.29 is 15.3 Å². The Labute approximate surface area is 122 Å². The molecule has 104 valence electrons. The van der Waals surface area contributed by atoms with E-state index >= 15 is 0 Å². The SMILES string of the molecule is CN(C)c1ccc(/C=C2/C(=O)NC(=S)[C@@H]([NH3+])C2=O)cc1. The van der Waals surface area contributed by atoms with Crippen LogP contribution in [0.4, 0.5) is 5.69 Å². The van der Waals surface area contributed by atoms with Gasteiger partial charge in [0.25, 0.3) is 5.91 Å². The van der Waals surface area contributed by atoms with Crippen LogP contribution in [-0.2, 0) is 9.59 Å². The first-order valence-corrected chi connectivity index (χ1v) is 6.52. The Bertz CT molecular complexity index is 605. The molecule has 0 radical (unpaired) electrons. The van der Waals surface area contributed by atoms with Crippen LogP contribution in [-0.4, -0.2) is 36.8 Å². The van der Waals surface area contributed by atoms with Gasteiger partial charge < -0.3 is 16.0 Å². The minimum Gasteiger partial charge on any atom is -0.378 e. The number of benzene rings is 1. The number of nitrogens with one attached hydrogen (secondary N) is 1. The molecular formula is C14H16N3O2S+. The average molecular weight is 290 g/mol. The summed E-state index contributed by atoms with van der Waals surface area (Å²) in [5.74, 6) is -0.799. The molecule has 1 fully saturated rings. The van der Waals surface area contributed by atoms with Crippen LogP contribution in [0.5, 0.6) is 0 Å². The quantitative estimate of drug-likeness (QED) is 0.448. The first-order valence-electron chi connectivity index (χ1n) is 6.11. The van der Waals surface area contributed by atoms with Gasteiger partial charge in [0.1, 0.15) is 4.99 Å². The van der Waals surface area contributed by atoms with Crippen LogP contribution in [0, 0.1) is 0 Å². The van der Waals surface area contributed by atoms with Crippen molar-refractivity contribution in [3.8, 4) is 0 Å². The minimum absolute atomic E-state index is 0.0937. The normalized spacial score (nSPS) is 21.1. The van der Waals surface area contributed by atoms with E-state index in [1.807, 2.05) is 43.3 Å². The zero-order valence-electron chi connectivity index (χ0n) is 11.3. The van der Waals surface area contributed by atoms with Crippen molar-refractivity contribution in [2.24, 2.45) is 0 Å². The summed E-state index contributed by atoms with van der Waals surface area (Å²) in [6.07, 6.45) is 1.57. The zero-order chi connectivity index (χ0) is 14.9. The molecule has 1 saturated heterocycles. The number of anilines is 1. The highest BCUT2D eigenvalue weighted by Gasteiger charge is 2.36. The van der Waals surface area contributed by atoms with Gasteiger partial charge in [-0.3, -0.25) is 9.59 Å². The number of quaternary nitrogens is 1. The molecule has 0 aliphatic carbocycles. The largest absolute Gasteiger partial charge is 0.378 e. The molecule has 1 aliphatic heterocycles. The summed E-state index contributed by atoms with van der Waals surface area (Å²) >= 11 is 4.90. The van der Waals surface area contributed by atoms with Crippen molar-refractivity contribution in [3.05, 3.63) is 35.4 Å². The molecule has 1 aromatic carbocycles. The third-order valence-corrected chi connectivity index (χ3v) is 3.49. The van der Waals surface area contributed by atoms with E-state index in [9.17, 15) is 9.59 Å². The predicted octanol–water partition coefficient (Wildman–Crippen LogP) is -0.227. The molecule has 1 aromatic rings. The summed E-state index contributed by atoms with van der Waals surface area (Å²) in [7, 11) is 3.89. The second-order valence-electron chi connectivity index (χ2n) is 4.78. The molecule has 6 heteroatoms. The molecule has 0 aromatic heterocycles. The Morgan fingerprint density at radius 3 is 2.40 bits per heavy atom. The number of carbonyl (C=O) groups is 2. The van der Waals surface area contributed by atoms with Crippen LogP contribution in [0.25, 0.3) is 6.08 Å². The fourth-order valence-corrected chi connectivity index (χ4v) is 2.06. The van der Waals surface area contributed by atoms with Crippen LogP contribution in [0.2, 0.25) is 0 Å². The van der Waals surface area contributed by atoms with Gasteiger partial charge in [-0.25, -0.2) is 0 Å². The Hall–Kier alpha value is -2.05. The number of amides is 1. The second kappa shape index (κ2) is 5.52. The monoisotopic (exact) mass is 290 g/mol. The lowest BCUT2D eigenvalue weighted by atomic mass is 9.97. The smallest absolute Gasteiger partial charge is 0.260 e. The molecule has 20 heavy (non-hydrogen) atoms. The topological polar surface area (TPSA) is 77.1 Å². The molecule has 1 aliphatic rings. The Morgan fingerprint density at radius 2 is 1.85 bits per heavy atom. The van der Waals surface area contributed by atoms with Gasteiger partial charge in [-0.2, -0.15) is 0 Å². The van der Waals surface area contributed by atoms with Gasteiger partial charge in [0.2, 0.25) is 5.78 Å². The highest BCUT2D eigenvalue weighted by Crippen LogP contribution is 2.16. The first-order chi connectivity index (χ1) is 9.40. The number of thiocarbonyl (C=S) groups is 1. The summed E-state index contributed by atoms with van der Waals surface area (Å²) in [4.78, 5) is 26.0. The van der Waals surface area contributed by atoms with E-state index in [4.69, 9.17) is 12.2 Å². The second-order valence-corrected chi connectivity index (χ2v) is 5.22. The summed E-state index contributed by atoms with van der Waals surface area (Å²) in [5, 5.41) is 2.49. The van der Waals surface area contributed by atoms with E-state index < -0.39 is 11.9 Å². The van der Waals surface area contributed by atoms with Gasteiger partial charge in [0, 0.05) is 19.8 Å². The lowest BCUT2D eigenvalue weighted by Crippen LogP contribution is -2.74. The summed E-state index contributed by atoms with van der Waals surface area (Å²) in [5.41, 5.74) is 5.59. The molecule has 1 amide bonds. The van der Waals surface area contributed by atoms with E-state index in [1.54, 1.807) is 6.08 Å². The number of nitrogens with zero attached hydrogens (tertiary/aromatic N) is 1. The number of hydrogen-bond acceptors (Lipinski definition) is 4. The number of piperidine rings is 1. The van der Waals surface area contributed by atoms with Gasteiger partial charge >= 0.3 is 0 Å². The van der Waals surface area contributed by atoms with Gasteiger partial charge in [0.15, 0.2) is 6.04 Å². The Morgan fingerprint density at radius 1 is 1.25 bits per heavy atom. The standard InChI is InChI=1S/C14H15N3O2S/c1-17(2)9-5-3-8(4-6-9)7-10-12(18)11(15)14(20)16-13(10)19/h3-7,11H,15H2,1-2H3,(H,16,19,20)/p+1/b10-7+/t11-/m0/s1. The maximum absolute atomic E-state index is 12.0. The van der Waals surface area contributed by atoms with Crippen molar-refractivity contribution >= 4 is 40.7 Å². The third kappa shape index (κ3) is 2.76. The number of carbonyl (C=O) groups excluding carboxylic acids is 2. The molecule has 0 spiro atoms. The molecule has 1 heterocycles. The highest BCUT2D eigenvalue weighted by molar-refractivity contribution is 7.80. The number of ketones is 1. The third-order valence-electron chi connectivity index (χ3n) is 3.10. The van der Waals surface area contributed by atoms with Gasteiger partial charge in [-0.1, -0.05) is 24.4 Å². The fraction of sp³-hybridized carbons (Fsp3) is 0.214. The van der Waals surface area contributed by atoms with E-state index in [0.717, 1.165) is 11.3 Å².